The standard InChI is InChI=1S/C14H19BrO/c1-10-3-4-13(9-11(10)2)14(15)12-5-7-16-8-6-12/h3-4,9,12,14H,5-8H2,1-2H3. The Balaban J connectivity index is 2.12. The second-order valence-electron chi connectivity index (χ2n) is 4.70. The SMILES string of the molecule is Cc1ccc(C(Br)C2CCOCC2)cc1C. The third kappa shape index (κ3) is 2.67. The third-order valence-corrected chi connectivity index (χ3v) is 4.81. The van der Waals surface area contributed by atoms with E-state index in [1.54, 1.807) is 0 Å². The predicted molar refractivity (Wildman–Crippen MR) is 71.1 cm³/mol. The molecule has 1 heterocycles. The summed E-state index contributed by atoms with van der Waals surface area (Å²) in [7, 11) is 0. The summed E-state index contributed by atoms with van der Waals surface area (Å²) >= 11 is 3.85. The summed E-state index contributed by atoms with van der Waals surface area (Å²) in [5.41, 5.74) is 4.17. The van der Waals surface area contributed by atoms with Crippen LogP contribution in [0.5, 0.6) is 0 Å². The van der Waals surface area contributed by atoms with Crippen LogP contribution in [0.2, 0.25) is 0 Å². The Morgan fingerprint density at radius 3 is 2.50 bits per heavy atom. The van der Waals surface area contributed by atoms with E-state index in [2.05, 4.69) is 48.0 Å². The maximum atomic E-state index is 5.41. The van der Waals surface area contributed by atoms with Gasteiger partial charge in [-0.05, 0) is 49.3 Å². The smallest absolute Gasteiger partial charge is 0.0469 e. The molecule has 1 atom stereocenters. The largest absolute Gasteiger partial charge is 0.381 e. The topological polar surface area (TPSA) is 9.23 Å². The van der Waals surface area contributed by atoms with Crippen LogP contribution in [-0.4, -0.2) is 13.2 Å². The molecule has 0 aromatic heterocycles. The van der Waals surface area contributed by atoms with Crippen LogP contribution in [-0.2, 0) is 4.74 Å². The summed E-state index contributed by atoms with van der Waals surface area (Å²) in [5, 5.41) is 0. The molecule has 1 saturated heterocycles. The van der Waals surface area contributed by atoms with Crippen molar-refractivity contribution in [3.63, 3.8) is 0 Å². The van der Waals surface area contributed by atoms with E-state index in [1.165, 1.54) is 29.5 Å². The molecule has 0 saturated carbocycles. The average Bonchev–Trinajstić information content (AvgIpc) is 2.33. The molecule has 0 aliphatic carbocycles. The summed E-state index contributed by atoms with van der Waals surface area (Å²) in [5.74, 6) is 0.718. The highest BCUT2D eigenvalue weighted by Gasteiger charge is 2.23. The minimum atomic E-state index is 0.482. The summed E-state index contributed by atoms with van der Waals surface area (Å²) in [4.78, 5) is 0.482. The quantitative estimate of drug-likeness (QED) is 0.740. The van der Waals surface area contributed by atoms with E-state index in [1.807, 2.05) is 0 Å². The number of hydrogen-bond acceptors (Lipinski definition) is 1. The summed E-state index contributed by atoms with van der Waals surface area (Å²) in [6.07, 6.45) is 2.34. The number of benzene rings is 1. The molecule has 1 fully saturated rings. The van der Waals surface area contributed by atoms with Crippen LogP contribution >= 0.6 is 15.9 Å². The molecule has 1 aromatic rings. The molecule has 1 nitrogen and oxygen atoms in total. The first kappa shape index (κ1) is 12.1. The minimum absolute atomic E-state index is 0.482. The van der Waals surface area contributed by atoms with Crippen molar-refractivity contribution in [1.29, 1.82) is 0 Å². The predicted octanol–water partition coefficient (Wildman–Crippen LogP) is 4.17. The van der Waals surface area contributed by atoms with Gasteiger partial charge in [0, 0.05) is 18.0 Å². The molecule has 1 aromatic carbocycles. The Hall–Kier alpha value is -0.340. The minimum Gasteiger partial charge on any atom is -0.381 e. The van der Waals surface area contributed by atoms with E-state index in [4.69, 9.17) is 4.74 Å². The lowest BCUT2D eigenvalue weighted by atomic mass is 9.91. The van der Waals surface area contributed by atoms with Gasteiger partial charge in [-0.1, -0.05) is 34.1 Å². The first-order chi connectivity index (χ1) is 7.68. The van der Waals surface area contributed by atoms with Gasteiger partial charge in [0.05, 0.1) is 0 Å². The highest BCUT2D eigenvalue weighted by atomic mass is 79.9. The average molecular weight is 283 g/mol. The second-order valence-corrected chi connectivity index (χ2v) is 5.68. The third-order valence-electron chi connectivity index (χ3n) is 3.53. The van der Waals surface area contributed by atoms with Crippen molar-refractivity contribution in [2.75, 3.05) is 13.2 Å². The van der Waals surface area contributed by atoms with Crippen molar-refractivity contribution in [3.8, 4) is 0 Å². The van der Waals surface area contributed by atoms with E-state index in [9.17, 15) is 0 Å². The van der Waals surface area contributed by atoms with Gasteiger partial charge in [-0.15, -0.1) is 0 Å². The maximum absolute atomic E-state index is 5.41. The molecular formula is C14H19BrO. The molecular weight excluding hydrogens is 264 g/mol. The van der Waals surface area contributed by atoms with E-state index >= 15 is 0 Å². The number of rotatable bonds is 2. The molecule has 2 heteroatoms. The van der Waals surface area contributed by atoms with Crippen LogP contribution < -0.4 is 0 Å². The fraction of sp³-hybridized carbons (Fsp3) is 0.571. The van der Waals surface area contributed by atoms with E-state index in [-0.39, 0.29) is 0 Å². The van der Waals surface area contributed by atoms with Crippen molar-refractivity contribution in [2.45, 2.75) is 31.5 Å². The zero-order valence-corrected chi connectivity index (χ0v) is 11.6. The Bertz CT molecular complexity index is 356. The fourth-order valence-electron chi connectivity index (χ4n) is 2.22. The first-order valence-electron chi connectivity index (χ1n) is 5.97. The van der Waals surface area contributed by atoms with E-state index in [0.717, 1.165) is 19.1 Å². The normalized spacial score (nSPS) is 19.7. The first-order valence-corrected chi connectivity index (χ1v) is 6.89. The molecule has 88 valence electrons. The molecule has 1 aliphatic heterocycles. The number of hydrogen-bond donors (Lipinski definition) is 0. The summed E-state index contributed by atoms with van der Waals surface area (Å²) in [6.45, 7) is 6.18. The molecule has 2 rings (SSSR count). The number of halogens is 1. The molecule has 0 bridgehead atoms. The maximum Gasteiger partial charge on any atom is 0.0469 e. The highest BCUT2D eigenvalue weighted by Crippen LogP contribution is 2.37. The Morgan fingerprint density at radius 1 is 1.19 bits per heavy atom. The van der Waals surface area contributed by atoms with Gasteiger partial charge in [-0.25, -0.2) is 0 Å². The van der Waals surface area contributed by atoms with Gasteiger partial charge in [-0.3, -0.25) is 0 Å². The molecule has 0 radical (unpaired) electrons. The fourth-order valence-corrected chi connectivity index (χ4v) is 3.03. The van der Waals surface area contributed by atoms with Crippen LogP contribution in [0.15, 0.2) is 18.2 Å². The van der Waals surface area contributed by atoms with Crippen molar-refractivity contribution < 1.29 is 4.74 Å². The van der Waals surface area contributed by atoms with Crippen LogP contribution in [0.25, 0.3) is 0 Å². The van der Waals surface area contributed by atoms with Gasteiger partial charge < -0.3 is 4.74 Å². The molecule has 1 aliphatic rings. The highest BCUT2D eigenvalue weighted by molar-refractivity contribution is 9.09. The van der Waals surface area contributed by atoms with Crippen molar-refractivity contribution in [1.82, 2.24) is 0 Å². The van der Waals surface area contributed by atoms with Gasteiger partial charge >= 0.3 is 0 Å². The summed E-state index contributed by atoms with van der Waals surface area (Å²) < 4.78 is 5.41. The van der Waals surface area contributed by atoms with Crippen LogP contribution in [0, 0.1) is 19.8 Å². The zero-order chi connectivity index (χ0) is 11.5. The Labute approximate surface area is 106 Å². The lowest BCUT2D eigenvalue weighted by Gasteiger charge is -2.27. The monoisotopic (exact) mass is 282 g/mol. The summed E-state index contributed by atoms with van der Waals surface area (Å²) in [6, 6.07) is 6.78. The van der Waals surface area contributed by atoms with Gasteiger partial charge in [0.2, 0.25) is 0 Å². The van der Waals surface area contributed by atoms with Crippen LogP contribution in [0.4, 0.5) is 0 Å². The van der Waals surface area contributed by atoms with Crippen molar-refractivity contribution in [2.24, 2.45) is 5.92 Å². The van der Waals surface area contributed by atoms with Gasteiger partial charge in [0.15, 0.2) is 0 Å². The Morgan fingerprint density at radius 2 is 1.88 bits per heavy atom. The Kier molecular flexibility index (Phi) is 4.04. The van der Waals surface area contributed by atoms with Crippen LogP contribution in [0.3, 0.4) is 0 Å². The molecule has 16 heavy (non-hydrogen) atoms. The van der Waals surface area contributed by atoms with E-state index < -0.39 is 0 Å². The molecule has 0 spiro atoms. The van der Waals surface area contributed by atoms with Crippen molar-refractivity contribution in [3.05, 3.63) is 34.9 Å². The number of alkyl halides is 1. The van der Waals surface area contributed by atoms with Crippen LogP contribution in [0.1, 0.15) is 34.4 Å². The van der Waals surface area contributed by atoms with Crippen molar-refractivity contribution >= 4 is 15.9 Å². The van der Waals surface area contributed by atoms with E-state index in [0.29, 0.717) is 4.83 Å². The lowest BCUT2D eigenvalue weighted by Crippen LogP contribution is -2.19. The zero-order valence-electron chi connectivity index (χ0n) is 10.0. The van der Waals surface area contributed by atoms with Gasteiger partial charge in [-0.2, -0.15) is 0 Å². The van der Waals surface area contributed by atoms with Gasteiger partial charge in [0.1, 0.15) is 0 Å². The molecule has 0 amide bonds. The molecule has 1 unspecified atom stereocenters. The van der Waals surface area contributed by atoms with Gasteiger partial charge in [0.25, 0.3) is 0 Å². The number of ether oxygens (including phenoxy) is 1. The lowest BCUT2D eigenvalue weighted by molar-refractivity contribution is 0.0662. The molecule has 0 N–H and O–H groups in total. The second kappa shape index (κ2) is 5.33. The number of aryl methyl sites for hydroxylation is 2.